The van der Waals surface area contributed by atoms with Gasteiger partial charge < -0.3 is 14.8 Å². The Hall–Kier alpha value is -3.26. The van der Waals surface area contributed by atoms with Gasteiger partial charge in [0, 0.05) is 31.1 Å². The van der Waals surface area contributed by atoms with Gasteiger partial charge in [-0.15, -0.1) is 0 Å². The maximum atomic E-state index is 5.54. The Bertz CT molecular complexity index is 939. The molecule has 1 aliphatic heterocycles. The molecule has 1 fully saturated rings. The van der Waals surface area contributed by atoms with Gasteiger partial charge in [0.15, 0.2) is 5.82 Å². The van der Waals surface area contributed by atoms with Crippen LogP contribution in [0.2, 0.25) is 0 Å². The molecule has 0 spiro atoms. The Morgan fingerprint density at radius 3 is 2.37 bits per heavy atom. The molecule has 2 aromatic heterocycles. The molecule has 30 heavy (non-hydrogen) atoms. The molecule has 0 radical (unpaired) electrons. The molecule has 3 aromatic rings. The molecule has 1 N–H and O–H groups in total. The highest BCUT2D eigenvalue weighted by atomic mass is 16.5. The van der Waals surface area contributed by atoms with E-state index in [0.29, 0.717) is 17.7 Å². The van der Waals surface area contributed by atoms with Crippen LogP contribution >= 0.6 is 0 Å². The Morgan fingerprint density at radius 2 is 1.70 bits per heavy atom. The van der Waals surface area contributed by atoms with Gasteiger partial charge in [0.05, 0.1) is 31.7 Å². The first-order valence-corrected chi connectivity index (χ1v) is 10.0. The number of piperidine rings is 1. The van der Waals surface area contributed by atoms with Crippen LogP contribution in [0.1, 0.15) is 30.0 Å². The monoisotopic (exact) mass is 406 g/mol. The van der Waals surface area contributed by atoms with Crippen LogP contribution in [0.15, 0.2) is 49.1 Å². The van der Waals surface area contributed by atoms with Gasteiger partial charge in [-0.05, 0) is 44.1 Å². The second-order valence-electron chi connectivity index (χ2n) is 7.22. The van der Waals surface area contributed by atoms with E-state index in [0.717, 1.165) is 55.2 Å². The first-order valence-electron chi connectivity index (χ1n) is 10.0. The van der Waals surface area contributed by atoms with Crippen molar-refractivity contribution in [3.05, 3.63) is 60.3 Å². The van der Waals surface area contributed by atoms with Crippen LogP contribution < -0.4 is 14.8 Å². The van der Waals surface area contributed by atoms with E-state index < -0.39 is 0 Å². The third kappa shape index (κ3) is 4.65. The molecule has 3 heterocycles. The number of methoxy groups -OCH3 is 2. The van der Waals surface area contributed by atoms with E-state index in [9.17, 15) is 0 Å². The van der Waals surface area contributed by atoms with Crippen LogP contribution in [0.3, 0.4) is 0 Å². The second kappa shape index (κ2) is 9.49. The molecule has 156 valence electrons. The normalized spacial score (nSPS) is 15.0. The summed E-state index contributed by atoms with van der Waals surface area (Å²) in [5, 5.41) is 3.12. The molecule has 0 unspecified atom stereocenters. The molecular weight excluding hydrogens is 380 g/mol. The fraction of sp³-hybridized carbons (Fsp3) is 0.364. The van der Waals surface area contributed by atoms with Crippen LogP contribution in [0.4, 0.5) is 11.8 Å². The summed E-state index contributed by atoms with van der Waals surface area (Å²) in [7, 11) is 3.40. The number of aromatic nitrogens is 4. The van der Waals surface area contributed by atoms with Crippen molar-refractivity contribution in [3.8, 4) is 11.5 Å². The Balaban J connectivity index is 1.39. The highest BCUT2D eigenvalue weighted by Crippen LogP contribution is 2.32. The quantitative estimate of drug-likeness (QED) is 0.639. The van der Waals surface area contributed by atoms with Crippen molar-refractivity contribution in [1.29, 1.82) is 0 Å². The predicted molar refractivity (Wildman–Crippen MR) is 114 cm³/mol. The summed E-state index contributed by atoms with van der Waals surface area (Å²) in [6, 6.07) is 7.69. The molecule has 4 rings (SSSR count). The number of hydrogen-bond acceptors (Lipinski definition) is 8. The van der Waals surface area contributed by atoms with Gasteiger partial charge in [-0.25, -0.2) is 15.0 Å². The third-order valence-corrected chi connectivity index (χ3v) is 5.38. The minimum absolute atomic E-state index is 0.381. The van der Waals surface area contributed by atoms with Crippen molar-refractivity contribution in [1.82, 2.24) is 24.8 Å². The van der Waals surface area contributed by atoms with Gasteiger partial charge in [-0.2, -0.15) is 0 Å². The topological polar surface area (TPSA) is 85.3 Å². The fourth-order valence-corrected chi connectivity index (χ4v) is 3.81. The lowest BCUT2D eigenvalue weighted by molar-refractivity contribution is 0.198. The molecule has 0 aliphatic carbocycles. The van der Waals surface area contributed by atoms with Crippen molar-refractivity contribution < 1.29 is 9.47 Å². The largest absolute Gasteiger partial charge is 0.496 e. The second-order valence-corrected chi connectivity index (χ2v) is 7.22. The Labute approximate surface area is 176 Å². The number of likely N-dealkylation sites (tertiary alicyclic amines) is 1. The SMILES string of the molecule is COc1cccc(OC)c1CN1CCC(c2cncc(Nc3ncccn3)n2)CC1. The molecule has 1 aliphatic rings. The van der Waals surface area contributed by atoms with E-state index in [1.807, 2.05) is 24.4 Å². The molecule has 1 aromatic carbocycles. The smallest absolute Gasteiger partial charge is 0.228 e. The van der Waals surface area contributed by atoms with Gasteiger partial charge in [-0.1, -0.05) is 6.07 Å². The Morgan fingerprint density at radius 1 is 1.00 bits per heavy atom. The van der Waals surface area contributed by atoms with Crippen LogP contribution in [-0.4, -0.2) is 52.1 Å². The van der Waals surface area contributed by atoms with Gasteiger partial charge >= 0.3 is 0 Å². The van der Waals surface area contributed by atoms with Gasteiger partial charge in [0.2, 0.25) is 5.95 Å². The number of anilines is 2. The van der Waals surface area contributed by atoms with Crippen molar-refractivity contribution in [3.63, 3.8) is 0 Å². The zero-order valence-corrected chi connectivity index (χ0v) is 17.3. The van der Waals surface area contributed by atoms with Crippen molar-refractivity contribution in [2.45, 2.75) is 25.3 Å². The van der Waals surface area contributed by atoms with Gasteiger partial charge in [-0.3, -0.25) is 9.88 Å². The number of rotatable bonds is 7. The minimum atomic E-state index is 0.381. The van der Waals surface area contributed by atoms with E-state index >= 15 is 0 Å². The highest BCUT2D eigenvalue weighted by molar-refractivity contribution is 5.46. The summed E-state index contributed by atoms with van der Waals surface area (Å²) in [5.74, 6) is 3.30. The molecule has 8 nitrogen and oxygen atoms in total. The molecule has 0 amide bonds. The van der Waals surface area contributed by atoms with Crippen LogP contribution in [0.25, 0.3) is 0 Å². The Kier molecular flexibility index (Phi) is 6.34. The first kappa shape index (κ1) is 20.0. The van der Waals surface area contributed by atoms with Gasteiger partial charge in [0.25, 0.3) is 0 Å². The van der Waals surface area contributed by atoms with Crippen molar-refractivity contribution in [2.24, 2.45) is 0 Å². The lowest BCUT2D eigenvalue weighted by atomic mass is 9.93. The number of nitrogens with one attached hydrogen (secondary N) is 1. The van der Waals surface area contributed by atoms with Crippen LogP contribution in [0.5, 0.6) is 11.5 Å². The van der Waals surface area contributed by atoms with Crippen molar-refractivity contribution >= 4 is 11.8 Å². The summed E-state index contributed by atoms with van der Waals surface area (Å²) in [6.07, 6.45) is 9.00. The molecule has 1 saturated heterocycles. The average molecular weight is 406 g/mol. The standard InChI is InChI=1S/C22H26N6O2/c1-29-19-5-3-6-20(30-2)17(19)15-28-11-7-16(8-12-28)18-13-23-14-21(26-18)27-22-24-9-4-10-25-22/h3-6,9-10,13-14,16H,7-8,11-12,15H2,1-2H3,(H,24,25,26,27). The summed E-state index contributed by atoms with van der Waals surface area (Å²) >= 11 is 0. The molecule has 0 bridgehead atoms. The summed E-state index contributed by atoms with van der Waals surface area (Å²) in [6.45, 7) is 2.76. The predicted octanol–water partition coefficient (Wildman–Crippen LogP) is 3.41. The molecular formula is C22H26N6O2. The third-order valence-electron chi connectivity index (χ3n) is 5.38. The highest BCUT2D eigenvalue weighted by Gasteiger charge is 2.24. The van der Waals surface area contributed by atoms with E-state index in [1.54, 1.807) is 38.9 Å². The number of benzene rings is 1. The van der Waals surface area contributed by atoms with E-state index in [4.69, 9.17) is 14.5 Å². The van der Waals surface area contributed by atoms with Crippen LogP contribution in [0, 0.1) is 0 Å². The van der Waals surface area contributed by atoms with Crippen LogP contribution in [-0.2, 0) is 6.54 Å². The number of nitrogens with zero attached hydrogens (tertiary/aromatic N) is 5. The maximum Gasteiger partial charge on any atom is 0.228 e. The first-order chi connectivity index (χ1) is 14.8. The summed E-state index contributed by atoms with van der Waals surface area (Å²) in [4.78, 5) is 19.9. The number of ether oxygens (including phenoxy) is 2. The molecule has 0 saturated carbocycles. The minimum Gasteiger partial charge on any atom is -0.496 e. The zero-order chi connectivity index (χ0) is 20.8. The van der Waals surface area contributed by atoms with Crippen molar-refractivity contribution in [2.75, 3.05) is 32.6 Å². The van der Waals surface area contributed by atoms with E-state index in [-0.39, 0.29) is 0 Å². The fourth-order valence-electron chi connectivity index (χ4n) is 3.81. The molecule has 8 heteroatoms. The number of hydrogen-bond donors (Lipinski definition) is 1. The van der Waals surface area contributed by atoms with E-state index in [1.165, 1.54) is 0 Å². The maximum absolute atomic E-state index is 5.54. The van der Waals surface area contributed by atoms with E-state index in [2.05, 4.69) is 25.2 Å². The van der Waals surface area contributed by atoms with Gasteiger partial charge in [0.1, 0.15) is 11.5 Å². The summed E-state index contributed by atoms with van der Waals surface area (Å²) < 4.78 is 11.1. The zero-order valence-electron chi connectivity index (χ0n) is 17.3. The lowest BCUT2D eigenvalue weighted by Crippen LogP contribution is -2.33. The summed E-state index contributed by atoms with van der Waals surface area (Å²) in [5.41, 5.74) is 2.10. The molecule has 0 atom stereocenters. The lowest BCUT2D eigenvalue weighted by Gasteiger charge is -2.32. The average Bonchev–Trinajstić information content (AvgIpc) is 2.80.